The smallest absolute Gasteiger partial charge is 0.328 e. The number of aliphatic carboxylic acids is 2. The first-order valence-corrected chi connectivity index (χ1v) is 22.0. The third kappa shape index (κ3) is 17.3. The molecule has 0 radical (unpaired) electrons. The van der Waals surface area contributed by atoms with Crippen molar-refractivity contribution in [1.29, 1.82) is 0 Å². The summed E-state index contributed by atoms with van der Waals surface area (Å²) in [5, 5.41) is 54.9. The molecule has 14 N–H and O–H groups in total. The molecule has 67 heavy (non-hydrogen) atoms. The number of carbonyl (C=O) groups excluding carboxylic acids is 8. The number of carbonyl (C=O) groups is 10. The lowest BCUT2D eigenvalue weighted by Gasteiger charge is -2.27. The number of aliphatic hydroxyl groups excluding tert-OH is 2. The number of nitrogens with two attached hydrogens (primary N) is 1. The molecule has 1 aliphatic rings. The van der Waals surface area contributed by atoms with Gasteiger partial charge in [-0.05, 0) is 62.0 Å². The lowest BCUT2D eigenvalue weighted by Crippen LogP contribution is -2.58. The molecule has 1 saturated heterocycles. The SMILES string of the molecule is CC(C)C[C@H](NC(=O)[C@H](CC(C)C)NC(=O)[C@@H](N)Cc1c[nH]c2ccccc12)C(=O)N[C@@H](CCC(=O)O)C(=O)NCC(=O)NCC(=O)N1CCC[C@H]1C(=O)N[C@@H](CO)C(=O)N[C@@H](CO)C(=O)O. The number of aliphatic hydroxyl groups is 2. The summed E-state index contributed by atoms with van der Waals surface area (Å²) >= 11 is 0. The number of hydrogen-bond donors (Lipinski definition) is 13. The first kappa shape index (κ1) is 54.7. The second-order valence-electron chi connectivity index (χ2n) is 17.1. The van der Waals surface area contributed by atoms with Crippen molar-refractivity contribution >= 4 is 70.1 Å². The fourth-order valence-electron chi connectivity index (χ4n) is 7.28. The van der Waals surface area contributed by atoms with E-state index in [0.29, 0.717) is 6.42 Å². The van der Waals surface area contributed by atoms with E-state index in [2.05, 4.69) is 36.9 Å². The average molecular weight is 945 g/mol. The standard InChI is InChI=1S/C43H64N10O14/c1-22(2)14-29(49-37(60)26(44)16-24-17-45-27-9-6-5-8-25(24)27)40(63)50-30(15-23(3)4)39(62)48-28(11-12-36(58)59)38(61)47-18-34(56)46-19-35(57)53-13-7-10-33(53)42(65)51-31(20-54)41(64)52-32(21-55)43(66)67/h5-6,8-9,17,22-23,26,28-33,45,54-55H,7,10-16,18-21,44H2,1-4H3,(H,46,56)(H,47,61)(H,48,62)(H,49,60)(H,50,63)(H,51,65)(H,52,64)(H,58,59)(H,66,67)/t26-,28-,29-,30-,31-,32-,33-/m0/s1. The van der Waals surface area contributed by atoms with Gasteiger partial charge in [0.25, 0.3) is 0 Å². The van der Waals surface area contributed by atoms with Gasteiger partial charge in [-0.3, -0.25) is 43.2 Å². The molecule has 0 spiro atoms. The zero-order valence-electron chi connectivity index (χ0n) is 38.0. The number of aromatic amines is 1. The number of nitrogens with one attached hydrogen (secondary N) is 8. The number of carboxylic acids is 2. The molecule has 1 aromatic carbocycles. The van der Waals surface area contributed by atoms with Crippen LogP contribution in [0.2, 0.25) is 0 Å². The maximum Gasteiger partial charge on any atom is 0.328 e. The van der Waals surface area contributed by atoms with Crippen molar-refractivity contribution in [3.63, 3.8) is 0 Å². The van der Waals surface area contributed by atoms with Gasteiger partial charge in [-0.2, -0.15) is 0 Å². The molecule has 8 amide bonds. The minimum Gasteiger partial charge on any atom is -0.481 e. The summed E-state index contributed by atoms with van der Waals surface area (Å²) in [7, 11) is 0. The van der Waals surface area contributed by atoms with Gasteiger partial charge in [0.15, 0.2) is 0 Å². The largest absolute Gasteiger partial charge is 0.481 e. The van der Waals surface area contributed by atoms with E-state index in [1.807, 2.05) is 43.4 Å². The zero-order chi connectivity index (χ0) is 50.0. The summed E-state index contributed by atoms with van der Waals surface area (Å²) in [5.74, 6) is -9.69. The van der Waals surface area contributed by atoms with Crippen LogP contribution in [0.1, 0.15) is 71.8 Å². The zero-order valence-corrected chi connectivity index (χ0v) is 38.0. The van der Waals surface area contributed by atoms with Crippen molar-refractivity contribution in [2.75, 3.05) is 32.8 Å². The molecule has 1 fully saturated rings. The highest BCUT2D eigenvalue weighted by molar-refractivity contribution is 5.97. The molecule has 3 rings (SSSR count). The Kier molecular flexibility index (Phi) is 21.6. The molecule has 0 saturated carbocycles. The van der Waals surface area contributed by atoms with Gasteiger partial charge in [-0.1, -0.05) is 45.9 Å². The topological polar surface area (TPSA) is 381 Å². The van der Waals surface area contributed by atoms with Gasteiger partial charge >= 0.3 is 11.9 Å². The van der Waals surface area contributed by atoms with Gasteiger partial charge in [0.1, 0.15) is 36.3 Å². The lowest BCUT2D eigenvalue weighted by molar-refractivity contribution is -0.144. The van der Waals surface area contributed by atoms with Crippen molar-refractivity contribution < 1.29 is 68.4 Å². The van der Waals surface area contributed by atoms with E-state index in [0.717, 1.165) is 21.4 Å². The van der Waals surface area contributed by atoms with E-state index in [1.54, 1.807) is 20.0 Å². The third-order valence-corrected chi connectivity index (χ3v) is 10.8. The number of carboxylic acid groups (broad SMARTS) is 2. The number of likely N-dealkylation sites (tertiary alicyclic amines) is 1. The summed E-state index contributed by atoms with van der Waals surface area (Å²) in [6.45, 7) is 4.10. The van der Waals surface area contributed by atoms with Gasteiger partial charge in [0.05, 0.1) is 32.3 Å². The number of hydrogen-bond acceptors (Lipinski definition) is 13. The van der Waals surface area contributed by atoms with Gasteiger partial charge in [-0.25, -0.2) is 4.79 Å². The summed E-state index contributed by atoms with van der Waals surface area (Å²) in [6.07, 6.45) is 1.74. The molecule has 1 aromatic heterocycles. The van der Waals surface area contributed by atoms with Crippen LogP contribution in [0.25, 0.3) is 10.9 Å². The fraction of sp³-hybridized carbons (Fsp3) is 0.581. The van der Waals surface area contributed by atoms with Crippen molar-refractivity contribution in [3.8, 4) is 0 Å². The van der Waals surface area contributed by atoms with E-state index in [1.165, 1.54) is 0 Å². The Labute approximate surface area is 386 Å². The van der Waals surface area contributed by atoms with Gasteiger partial charge in [0, 0.05) is 30.1 Å². The monoisotopic (exact) mass is 944 g/mol. The molecular weight excluding hydrogens is 881 g/mol. The van der Waals surface area contributed by atoms with Crippen LogP contribution < -0.4 is 43.0 Å². The van der Waals surface area contributed by atoms with E-state index in [9.17, 15) is 58.2 Å². The number of rotatable bonds is 27. The number of H-pyrrole nitrogens is 1. The summed E-state index contributed by atoms with van der Waals surface area (Å²) in [5.41, 5.74) is 7.98. The quantitative estimate of drug-likeness (QED) is 0.0418. The Morgan fingerprint density at radius 1 is 0.716 bits per heavy atom. The molecule has 2 aromatic rings. The maximum absolute atomic E-state index is 13.8. The summed E-state index contributed by atoms with van der Waals surface area (Å²) in [6, 6.07) is -1.78. The number of amides is 8. The lowest BCUT2D eigenvalue weighted by atomic mass is 9.99. The highest BCUT2D eigenvalue weighted by atomic mass is 16.4. The molecule has 0 unspecified atom stereocenters. The summed E-state index contributed by atoms with van der Waals surface area (Å²) < 4.78 is 0. The number of para-hydroxylation sites is 1. The Hall–Kier alpha value is -6.66. The molecular formula is C43H64N10O14. The number of aromatic nitrogens is 1. The number of benzene rings is 1. The van der Waals surface area contributed by atoms with E-state index in [4.69, 9.17) is 15.9 Å². The Morgan fingerprint density at radius 2 is 1.28 bits per heavy atom. The first-order chi connectivity index (χ1) is 31.6. The second kappa shape index (κ2) is 26.5. The minimum absolute atomic E-state index is 0.0791. The molecule has 1 aliphatic heterocycles. The molecule has 24 nitrogen and oxygen atoms in total. The predicted molar refractivity (Wildman–Crippen MR) is 238 cm³/mol. The highest BCUT2D eigenvalue weighted by Crippen LogP contribution is 2.20. The van der Waals surface area contributed by atoms with Gasteiger partial charge in [0.2, 0.25) is 47.3 Å². The molecule has 2 heterocycles. The highest BCUT2D eigenvalue weighted by Gasteiger charge is 2.37. The molecule has 0 aliphatic carbocycles. The Morgan fingerprint density at radius 3 is 1.87 bits per heavy atom. The molecule has 7 atom stereocenters. The van der Waals surface area contributed by atoms with Gasteiger partial charge in [-0.15, -0.1) is 0 Å². The van der Waals surface area contributed by atoms with E-state index in [-0.39, 0.29) is 44.1 Å². The van der Waals surface area contributed by atoms with Crippen LogP contribution in [0.3, 0.4) is 0 Å². The normalized spacial score (nSPS) is 16.2. The van der Waals surface area contributed by atoms with Crippen LogP contribution in [0.4, 0.5) is 0 Å². The van der Waals surface area contributed by atoms with Crippen LogP contribution in [0.5, 0.6) is 0 Å². The maximum atomic E-state index is 13.8. The Balaban J connectivity index is 1.60. The van der Waals surface area contributed by atoms with E-state index >= 15 is 0 Å². The van der Waals surface area contributed by atoms with Gasteiger partial charge < -0.3 is 73.3 Å². The van der Waals surface area contributed by atoms with Crippen LogP contribution in [0, 0.1) is 11.8 Å². The van der Waals surface area contributed by atoms with Crippen LogP contribution in [-0.2, 0) is 54.4 Å². The summed E-state index contributed by atoms with van der Waals surface area (Å²) in [4.78, 5) is 132. The van der Waals surface area contributed by atoms with E-state index < -0.39 is 141 Å². The molecule has 0 bridgehead atoms. The van der Waals surface area contributed by atoms with Crippen LogP contribution in [-0.4, -0.2) is 165 Å². The van der Waals surface area contributed by atoms with Crippen molar-refractivity contribution in [2.24, 2.45) is 17.6 Å². The number of nitrogens with zero attached hydrogens (tertiary/aromatic N) is 1. The molecule has 370 valence electrons. The minimum atomic E-state index is -1.70. The van der Waals surface area contributed by atoms with Crippen molar-refractivity contribution in [2.45, 2.75) is 115 Å². The molecule has 24 heteroatoms. The third-order valence-electron chi connectivity index (χ3n) is 10.8. The van der Waals surface area contributed by atoms with Crippen molar-refractivity contribution in [1.82, 2.24) is 47.1 Å². The second-order valence-corrected chi connectivity index (χ2v) is 17.1. The average Bonchev–Trinajstić information content (AvgIpc) is 3.94. The van der Waals surface area contributed by atoms with Crippen LogP contribution >= 0.6 is 0 Å². The van der Waals surface area contributed by atoms with Crippen molar-refractivity contribution in [3.05, 3.63) is 36.0 Å². The fourth-order valence-corrected chi connectivity index (χ4v) is 7.28. The number of fused-ring (bicyclic) bond motifs is 1. The Bertz CT molecular complexity index is 2090. The van der Waals surface area contributed by atoms with Crippen LogP contribution in [0.15, 0.2) is 30.5 Å². The predicted octanol–water partition coefficient (Wildman–Crippen LogP) is -3.29. The first-order valence-electron chi connectivity index (χ1n) is 22.0.